The van der Waals surface area contributed by atoms with E-state index in [1.807, 2.05) is 31.2 Å². The third kappa shape index (κ3) is 4.46. The number of nitrogens with one attached hydrogen (secondary N) is 2. The van der Waals surface area contributed by atoms with Crippen molar-refractivity contribution in [3.8, 4) is 0 Å². The van der Waals surface area contributed by atoms with Gasteiger partial charge in [-0.3, -0.25) is 9.79 Å². The van der Waals surface area contributed by atoms with Gasteiger partial charge in [0.05, 0.1) is 23.5 Å². The zero-order chi connectivity index (χ0) is 21.1. The molecule has 0 radical (unpaired) electrons. The van der Waals surface area contributed by atoms with E-state index >= 15 is 0 Å². The summed E-state index contributed by atoms with van der Waals surface area (Å²) < 4.78 is 0. The van der Waals surface area contributed by atoms with Gasteiger partial charge < -0.3 is 21.3 Å². The van der Waals surface area contributed by atoms with Gasteiger partial charge in [0.2, 0.25) is 0 Å². The van der Waals surface area contributed by atoms with E-state index < -0.39 is 0 Å². The van der Waals surface area contributed by atoms with Crippen molar-refractivity contribution in [1.29, 1.82) is 0 Å². The monoisotopic (exact) mass is 406 g/mol. The van der Waals surface area contributed by atoms with Gasteiger partial charge in [-0.2, -0.15) is 0 Å². The predicted molar refractivity (Wildman–Crippen MR) is 121 cm³/mol. The number of piperidine rings is 1. The standard InChI is InChI=1S/C23H30N6O/c1-15-21(27-12-16-6-9-29(2)10-7-16)20(14-26-15)23(30)28-13-17-3-4-19-18(11-17)5-8-25-22(19)24/h3-5,8,11,16,27H,6-7,9-10,12-14H2,1-2H3,(H2,24,25)(H,28,30). The Morgan fingerprint density at radius 3 is 2.87 bits per heavy atom. The SMILES string of the molecule is CC1=NCC(C(=O)NCc2ccc3c(N)nccc3c2)=C1NCC1CCN(C)CC1. The molecule has 2 aliphatic rings. The van der Waals surface area contributed by atoms with Crippen molar-refractivity contribution in [2.24, 2.45) is 10.9 Å². The van der Waals surface area contributed by atoms with E-state index in [4.69, 9.17) is 5.73 Å². The Balaban J connectivity index is 1.38. The van der Waals surface area contributed by atoms with Crippen LogP contribution in [0.2, 0.25) is 0 Å². The molecule has 2 aliphatic heterocycles. The maximum absolute atomic E-state index is 12.9. The van der Waals surface area contributed by atoms with Crippen LogP contribution in [0.15, 0.2) is 46.7 Å². The highest BCUT2D eigenvalue weighted by molar-refractivity contribution is 6.09. The number of pyridine rings is 1. The number of nitrogens with two attached hydrogens (primary N) is 1. The van der Waals surface area contributed by atoms with Crippen LogP contribution >= 0.6 is 0 Å². The molecule has 2 aromatic rings. The van der Waals surface area contributed by atoms with Crippen molar-refractivity contribution >= 4 is 28.2 Å². The van der Waals surface area contributed by atoms with E-state index in [0.29, 0.717) is 24.8 Å². The molecule has 3 heterocycles. The zero-order valence-electron chi connectivity index (χ0n) is 17.7. The lowest BCUT2D eigenvalue weighted by molar-refractivity contribution is -0.117. The summed E-state index contributed by atoms with van der Waals surface area (Å²) in [7, 11) is 2.17. The molecule has 158 valence electrons. The Kier molecular flexibility index (Phi) is 5.99. The molecule has 1 saturated heterocycles. The van der Waals surface area contributed by atoms with Crippen molar-refractivity contribution < 1.29 is 4.79 Å². The number of nitrogens with zero attached hydrogens (tertiary/aromatic N) is 3. The first-order valence-corrected chi connectivity index (χ1v) is 10.6. The van der Waals surface area contributed by atoms with Crippen LogP contribution in [0.3, 0.4) is 0 Å². The Bertz CT molecular complexity index is 1000. The second-order valence-electron chi connectivity index (χ2n) is 8.32. The van der Waals surface area contributed by atoms with E-state index in [1.54, 1.807) is 6.20 Å². The van der Waals surface area contributed by atoms with E-state index in [2.05, 4.69) is 32.6 Å². The minimum Gasteiger partial charge on any atom is -0.383 e. The van der Waals surface area contributed by atoms with Crippen LogP contribution in [-0.4, -0.2) is 54.7 Å². The van der Waals surface area contributed by atoms with Gasteiger partial charge in [0.1, 0.15) is 5.82 Å². The third-order valence-corrected chi connectivity index (χ3v) is 6.13. The van der Waals surface area contributed by atoms with Gasteiger partial charge in [-0.25, -0.2) is 4.98 Å². The highest BCUT2D eigenvalue weighted by Gasteiger charge is 2.24. The number of benzene rings is 1. The number of allylic oxidation sites excluding steroid dienone is 1. The van der Waals surface area contributed by atoms with Crippen LogP contribution < -0.4 is 16.4 Å². The van der Waals surface area contributed by atoms with E-state index in [-0.39, 0.29) is 5.91 Å². The molecule has 0 atom stereocenters. The molecule has 30 heavy (non-hydrogen) atoms. The lowest BCUT2D eigenvalue weighted by Gasteiger charge is -2.29. The lowest BCUT2D eigenvalue weighted by Crippen LogP contribution is -2.36. The number of rotatable bonds is 6. The molecule has 0 spiro atoms. The van der Waals surface area contributed by atoms with Crippen LogP contribution in [0.5, 0.6) is 0 Å². The second kappa shape index (κ2) is 8.83. The number of aromatic nitrogens is 1. The van der Waals surface area contributed by atoms with Gasteiger partial charge in [-0.05, 0) is 68.9 Å². The molecular formula is C23H30N6O. The smallest absolute Gasteiger partial charge is 0.251 e. The van der Waals surface area contributed by atoms with Gasteiger partial charge in [0.25, 0.3) is 5.91 Å². The number of amides is 1. The number of aliphatic imine (C=N–C) groups is 1. The molecule has 1 amide bonds. The number of likely N-dealkylation sites (tertiary alicyclic amines) is 1. The Labute approximate surface area is 177 Å². The summed E-state index contributed by atoms with van der Waals surface area (Å²) >= 11 is 0. The van der Waals surface area contributed by atoms with Gasteiger partial charge in [-0.15, -0.1) is 0 Å². The minimum absolute atomic E-state index is 0.0594. The topological polar surface area (TPSA) is 95.6 Å². The third-order valence-electron chi connectivity index (χ3n) is 6.13. The fourth-order valence-electron chi connectivity index (χ4n) is 4.16. The summed E-state index contributed by atoms with van der Waals surface area (Å²) in [6.07, 6.45) is 4.08. The largest absolute Gasteiger partial charge is 0.383 e. The molecule has 0 saturated carbocycles. The Hall–Kier alpha value is -2.93. The second-order valence-corrected chi connectivity index (χ2v) is 8.32. The highest BCUT2D eigenvalue weighted by Crippen LogP contribution is 2.21. The molecule has 7 heteroatoms. The van der Waals surface area contributed by atoms with E-state index in [9.17, 15) is 4.79 Å². The summed E-state index contributed by atoms with van der Waals surface area (Å²) in [6, 6.07) is 7.90. The van der Waals surface area contributed by atoms with Crippen LogP contribution in [0.4, 0.5) is 5.82 Å². The average molecular weight is 407 g/mol. The molecule has 0 bridgehead atoms. The maximum Gasteiger partial charge on any atom is 0.251 e. The Morgan fingerprint density at radius 2 is 2.07 bits per heavy atom. The summed E-state index contributed by atoms with van der Waals surface area (Å²) in [5, 5.41) is 8.52. The normalized spacial score (nSPS) is 18.0. The summed E-state index contributed by atoms with van der Waals surface area (Å²) in [6.45, 7) is 6.04. The predicted octanol–water partition coefficient (Wildman–Crippen LogP) is 2.09. The number of nitrogen functional groups attached to an aromatic ring is 1. The van der Waals surface area contributed by atoms with Crippen LogP contribution in [0, 0.1) is 5.92 Å². The van der Waals surface area contributed by atoms with E-state index in [0.717, 1.165) is 53.0 Å². The Morgan fingerprint density at radius 1 is 1.27 bits per heavy atom. The van der Waals surface area contributed by atoms with Gasteiger partial charge in [0.15, 0.2) is 0 Å². The number of hydrogen-bond acceptors (Lipinski definition) is 6. The van der Waals surface area contributed by atoms with Crippen molar-refractivity contribution in [3.05, 3.63) is 47.3 Å². The highest BCUT2D eigenvalue weighted by atomic mass is 16.1. The molecule has 1 aromatic carbocycles. The first kappa shape index (κ1) is 20.3. The quantitative estimate of drug-likeness (QED) is 0.683. The molecule has 0 aliphatic carbocycles. The van der Waals surface area contributed by atoms with Gasteiger partial charge in [-0.1, -0.05) is 12.1 Å². The van der Waals surface area contributed by atoms with E-state index in [1.165, 1.54) is 12.8 Å². The molecule has 1 fully saturated rings. The summed E-state index contributed by atoms with van der Waals surface area (Å²) in [5.41, 5.74) is 9.50. The molecule has 0 unspecified atom stereocenters. The summed E-state index contributed by atoms with van der Waals surface area (Å²) in [5.74, 6) is 1.11. The van der Waals surface area contributed by atoms with Crippen LogP contribution in [-0.2, 0) is 11.3 Å². The average Bonchev–Trinajstić information content (AvgIpc) is 3.12. The molecular weight excluding hydrogens is 376 g/mol. The molecule has 1 aromatic heterocycles. The van der Waals surface area contributed by atoms with Gasteiger partial charge >= 0.3 is 0 Å². The molecule has 4 N–H and O–H groups in total. The number of anilines is 1. The minimum atomic E-state index is -0.0594. The number of carbonyl (C=O) groups is 1. The fraction of sp³-hybridized carbons (Fsp3) is 0.435. The maximum atomic E-state index is 12.9. The molecule has 7 nitrogen and oxygen atoms in total. The van der Waals surface area contributed by atoms with Crippen molar-refractivity contribution in [2.75, 3.05) is 39.0 Å². The summed E-state index contributed by atoms with van der Waals surface area (Å²) in [4.78, 5) is 23.8. The van der Waals surface area contributed by atoms with Crippen LogP contribution in [0.1, 0.15) is 25.3 Å². The number of hydrogen-bond donors (Lipinski definition) is 3. The van der Waals surface area contributed by atoms with Gasteiger partial charge in [0, 0.05) is 24.7 Å². The lowest BCUT2D eigenvalue weighted by atomic mass is 9.97. The number of fused-ring (bicyclic) bond motifs is 1. The van der Waals surface area contributed by atoms with Crippen molar-refractivity contribution in [1.82, 2.24) is 20.5 Å². The fourth-order valence-corrected chi connectivity index (χ4v) is 4.16. The first-order valence-electron chi connectivity index (χ1n) is 10.6. The number of carbonyl (C=O) groups excluding carboxylic acids is 1. The zero-order valence-corrected chi connectivity index (χ0v) is 17.7. The first-order chi connectivity index (χ1) is 14.5. The van der Waals surface area contributed by atoms with Crippen LogP contribution in [0.25, 0.3) is 10.8 Å². The van der Waals surface area contributed by atoms with Crippen molar-refractivity contribution in [3.63, 3.8) is 0 Å². The molecule has 4 rings (SSSR count). The van der Waals surface area contributed by atoms with Crippen molar-refractivity contribution in [2.45, 2.75) is 26.3 Å².